The molecule has 0 bridgehead atoms. The van der Waals surface area contributed by atoms with Crippen molar-refractivity contribution < 1.29 is 14.1 Å². The summed E-state index contributed by atoms with van der Waals surface area (Å²) in [7, 11) is 1.29. The molecule has 6 heteroatoms. The van der Waals surface area contributed by atoms with Gasteiger partial charge in [-0.1, -0.05) is 5.16 Å². The Morgan fingerprint density at radius 3 is 3.13 bits per heavy atom. The number of methoxy groups -OCH3 is 1. The van der Waals surface area contributed by atoms with Gasteiger partial charge in [-0.25, -0.2) is 4.79 Å². The zero-order chi connectivity index (χ0) is 10.8. The highest BCUT2D eigenvalue weighted by molar-refractivity contribution is 5.93. The van der Waals surface area contributed by atoms with Crippen molar-refractivity contribution in [2.75, 3.05) is 18.2 Å². The van der Waals surface area contributed by atoms with Gasteiger partial charge in [-0.2, -0.15) is 0 Å². The van der Waals surface area contributed by atoms with Gasteiger partial charge in [0, 0.05) is 5.69 Å². The molecule has 1 aromatic carbocycles. The molecule has 1 heterocycles. The fourth-order valence-electron chi connectivity index (χ4n) is 1.20. The van der Waals surface area contributed by atoms with E-state index in [0.717, 1.165) is 0 Å². The lowest BCUT2D eigenvalue weighted by Gasteiger charge is -2.02. The van der Waals surface area contributed by atoms with Crippen LogP contribution in [-0.2, 0) is 4.74 Å². The molecular weight excluding hydrogens is 198 g/mol. The molecule has 0 aliphatic heterocycles. The van der Waals surface area contributed by atoms with E-state index in [4.69, 9.17) is 10.3 Å². The number of amides is 1. The lowest BCUT2D eigenvalue weighted by atomic mass is 10.2. The van der Waals surface area contributed by atoms with Crippen molar-refractivity contribution in [2.24, 2.45) is 0 Å². The summed E-state index contributed by atoms with van der Waals surface area (Å²) in [6, 6.07) is 5.01. The summed E-state index contributed by atoms with van der Waals surface area (Å²) in [4.78, 5) is 10.9. The first-order chi connectivity index (χ1) is 7.20. The minimum atomic E-state index is -0.538. The van der Waals surface area contributed by atoms with Gasteiger partial charge in [0.1, 0.15) is 0 Å². The molecule has 1 aromatic heterocycles. The van der Waals surface area contributed by atoms with Crippen LogP contribution >= 0.6 is 0 Å². The number of carbonyl (C=O) groups is 1. The number of benzene rings is 1. The molecule has 15 heavy (non-hydrogen) atoms. The largest absolute Gasteiger partial charge is 0.453 e. The maximum Gasteiger partial charge on any atom is 0.411 e. The average Bonchev–Trinajstić information content (AvgIpc) is 2.60. The molecule has 3 N–H and O–H groups in total. The summed E-state index contributed by atoms with van der Waals surface area (Å²) >= 11 is 0. The highest BCUT2D eigenvalue weighted by atomic mass is 16.5. The van der Waals surface area contributed by atoms with E-state index >= 15 is 0 Å². The minimum Gasteiger partial charge on any atom is -0.453 e. The Bertz CT molecular complexity index is 506. The van der Waals surface area contributed by atoms with Crippen molar-refractivity contribution in [3.05, 3.63) is 18.2 Å². The lowest BCUT2D eigenvalue weighted by Crippen LogP contribution is -2.10. The Morgan fingerprint density at radius 1 is 1.60 bits per heavy atom. The maximum atomic E-state index is 10.9. The summed E-state index contributed by atoms with van der Waals surface area (Å²) in [5, 5.41) is 6.77. The highest BCUT2D eigenvalue weighted by Crippen LogP contribution is 2.23. The van der Waals surface area contributed by atoms with Crippen LogP contribution in [0.25, 0.3) is 11.0 Å². The molecule has 0 saturated carbocycles. The van der Waals surface area contributed by atoms with E-state index in [0.29, 0.717) is 22.5 Å². The number of carbonyl (C=O) groups excluding carboxylic acids is 1. The third-order valence-electron chi connectivity index (χ3n) is 1.93. The molecule has 0 aliphatic carbocycles. The van der Waals surface area contributed by atoms with Crippen LogP contribution in [0.4, 0.5) is 16.3 Å². The van der Waals surface area contributed by atoms with Crippen LogP contribution in [0.2, 0.25) is 0 Å². The first-order valence-electron chi connectivity index (χ1n) is 4.20. The Labute approximate surface area is 85.0 Å². The van der Waals surface area contributed by atoms with Crippen molar-refractivity contribution in [3.63, 3.8) is 0 Å². The molecule has 0 saturated heterocycles. The maximum absolute atomic E-state index is 10.9. The van der Waals surface area contributed by atoms with E-state index in [-0.39, 0.29) is 0 Å². The predicted molar refractivity (Wildman–Crippen MR) is 54.4 cm³/mol. The number of anilines is 2. The van der Waals surface area contributed by atoms with Gasteiger partial charge in [-0.15, -0.1) is 0 Å². The number of nitrogens with one attached hydrogen (secondary N) is 1. The zero-order valence-corrected chi connectivity index (χ0v) is 7.98. The van der Waals surface area contributed by atoms with Crippen molar-refractivity contribution in [3.8, 4) is 0 Å². The smallest absolute Gasteiger partial charge is 0.411 e. The fraction of sp³-hybridized carbons (Fsp3) is 0.111. The van der Waals surface area contributed by atoms with Gasteiger partial charge in [0.15, 0.2) is 11.4 Å². The molecule has 0 radical (unpaired) electrons. The van der Waals surface area contributed by atoms with E-state index < -0.39 is 6.09 Å². The standard InChI is InChI=1S/C9H9N3O3/c1-14-9(13)11-5-2-3-7-6(4-5)8(10)12-15-7/h2-4H,1H3,(H2,10,12)(H,11,13). The minimum absolute atomic E-state index is 0.290. The van der Waals surface area contributed by atoms with Crippen LogP contribution in [0.15, 0.2) is 22.7 Å². The second kappa shape index (κ2) is 3.49. The van der Waals surface area contributed by atoms with Gasteiger partial charge < -0.3 is 15.0 Å². The van der Waals surface area contributed by atoms with Crippen LogP contribution < -0.4 is 11.1 Å². The fourth-order valence-corrected chi connectivity index (χ4v) is 1.20. The van der Waals surface area contributed by atoms with E-state index in [1.807, 2.05) is 0 Å². The Morgan fingerprint density at radius 2 is 2.40 bits per heavy atom. The number of nitrogens with two attached hydrogens (primary N) is 1. The third-order valence-corrected chi connectivity index (χ3v) is 1.93. The van der Waals surface area contributed by atoms with Crippen LogP contribution in [-0.4, -0.2) is 18.4 Å². The van der Waals surface area contributed by atoms with Crippen molar-refractivity contribution in [1.82, 2.24) is 5.16 Å². The quantitative estimate of drug-likeness (QED) is 0.740. The van der Waals surface area contributed by atoms with Crippen LogP contribution in [0.1, 0.15) is 0 Å². The van der Waals surface area contributed by atoms with Gasteiger partial charge >= 0.3 is 6.09 Å². The average molecular weight is 207 g/mol. The summed E-state index contributed by atoms with van der Waals surface area (Å²) in [5.74, 6) is 0.290. The third kappa shape index (κ3) is 1.69. The molecule has 0 unspecified atom stereocenters. The van der Waals surface area contributed by atoms with Crippen molar-refractivity contribution >= 4 is 28.6 Å². The summed E-state index contributed by atoms with van der Waals surface area (Å²) in [6.07, 6.45) is -0.538. The molecular formula is C9H9N3O3. The van der Waals surface area contributed by atoms with Gasteiger partial charge in [-0.05, 0) is 18.2 Å². The van der Waals surface area contributed by atoms with Crippen LogP contribution in [0, 0.1) is 0 Å². The Hall–Kier alpha value is -2.24. The van der Waals surface area contributed by atoms with Crippen molar-refractivity contribution in [1.29, 1.82) is 0 Å². The van der Waals surface area contributed by atoms with Crippen molar-refractivity contribution in [2.45, 2.75) is 0 Å². The van der Waals surface area contributed by atoms with Crippen LogP contribution in [0.3, 0.4) is 0 Å². The first-order valence-corrected chi connectivity index (χ1v) is 4.20. The van der Waals surface area contributed by atoms with Crippen LogP contribution in [0.5, 0.6) is 0 Å². The van der Waals surface area contributed by atoms with E-state index in [2.05, 4.69) is 15.2 Å². The molecule has 2 aromatic rings. The summed E-state index contributed by atoms with van der Waals surface area (Å²) < 4.78 is 9.37. The zero-order valence-electron chi connectivity index (χ0n) is 7.98. The summed E-state index contributed by atoms with van der Waals surface area (Å²) in [6.45, 7) is 0. The van der Waals surface area contributed by atoms with Gasteiger partial charge in [0.2, 0.25) is 0 Å². The lowest BCUT2D eigenvalue weighted by molar-refractivity contribution is 0.187. The molecule has 0 spiro atoms. The topological polar surface area (TPSA) is 90.4 Å². The molecule has 1 amide bonds. The number of ether oxygens (including phenoxy) is 1. The number of rotatable bonds is 1. The number of hydrogen-bond acceptors (Lipinski definition) is 5. The Kier molecular flexibility index (Phi) is 2.17. The van der Waals surface area contributed by atoms with Gasteiger partial charge in [0.05, 0.1) is 12.5 Å². The van der Waals surface area contributed by atoms with E-state index in [9.17, 15) is 4.79 Å². The monoisotopic (exact) mass is 207 g/mol. The number of nitrogens with zero attached hydrogens (tertiary/aromatic N) is 1. The molecule has 6 nitrogen and oxygen atoms in total. The normalized spacial score (nSPS) is 10.2. The number of fused-ring (bicyclic) bond motifs is 1. The summed E-state index contributed by atoms with van der Waals surface area (Å²) in [5.41, 5.74) is 6.71. The number of aromatic nitrogens is 1. The van der Waals surface area contributed by atoms with Gasteiger partial charge in [0.25, 0.3) is 0 Å². The van der Waals surface area contributed by atoms with E-state index in [1.54, 1.807) is 18.2 Å². The molecule has 0 atom stereocenters. The molecule has 0 fully saturated rings. The molecule has 78 valence electrons. The SMILES string of the molecule is COC(=O)Nc1ccc2onc(N)c2c1. The van der Waals surface area contributed by atoms with E-state index in [1.165, 1.54) is 7.11 Å². The number of hydrogen-bond donors (Lipinski definition) is 2. The predicted octanol–water partition coefficient (Wildman–Crippen LogP) is 1.59. The first kappa shape index (κ1) is 9.32. The Balaban J connectivity index is 2.37. The second-order valence-corrected chi connectivity index (χ2v) is 2.90. The van der Waals surface area contributed by atoms with Gasteiger partial charge in [-0.3, -0.25) is 5.32 Å². The molecule has 0 aliphatic rings. The highest BCUT2D eigenvalue weighted by Gasteiger charge is 2.07. The molecule has 2 rings (SSSR count). The number of nitrogen functional groups attached to an aromatic ring is 1. The second-order valence-electron chi connectivity index (χ2n) is 2.90.